The smallest absolute Gasteiger partial charge is 0.144 e. The maximum atomic E-state index is 4.19. The highest BCUT2D eigenvalue weighted by atomic mass is 79.9. The number of hydrogen-bond acceptors (Lipinski definition) is 3. The Morgan fingerprint density at radius 3 is 2.46 bits per heavy atom. The molecule has 1 aromatic heterocycles. The topological polar surface area (TPSA) is 37.8 Å². The standard InChI is InChI=1S/C9H14BrN3/c1-3-7(4-2)13-9-6-11-8(10)5-12-9/h5-7H,3-4H2,1-2H3,(H,12,13). The van der Waals surface area contributed by atoms with Crippen molar-refractivity contribution in [3.63, 3.8) is 0 Å². The lowest BCUT2D eigenvalue weighted by Crippen LogP contribution is -2.17. The van der Waals surface area contributed by atoms with Crippen molar-refractivity contribution in [1.29, 1.82) is 0 Å². The largest absolute Gasteiger partial charge is 0.366 e. The molecular weight excluding hydrogens is 230 g/mol. The summed E-state index contributed by atoms with van der Waals surface area (Å²) in [5.74, 6) is 0.844. The summed E-state index contributed by atoms with van der Waals surface area (Å²) < 4.78 is 0.766. The van der Waals surface area contributed by atoms with Gasteiger partial charge < -0.3 is 5.32 Å². The Bertz CT molecular complexity index is 244. The Hall–Kier alpha value is -0.640. The molecule has 0 aliphatic carbocycles. The fourth-order valence-corrected chi connectivity index (χ4v) is 1.29. The first kappa shape index (κ1) is 10.4. The van der Waals surface area contributed by atoms with E-state index in [-0.39, 0.29) is 0 Å². The molecule has 0 aliphatic rings. The monoisotopic (exact) mass is 243 g/mol. The molecule has 0 unspecified atom stereocenters. The molecule has 72 valence electrons. The highest BCUT2D eigenvalue weighted by molar-refractivity contribution is 9.10. The van der Waals surface area contributed by atoms with Gasteiger partial charge in [0, 0.05) is 6.04 Å². The lowest BCUT2D eigenvalue weighted by atomic mass is 10.2. The van der Waals surface area contributed by atoms with Gasteiger partial charge >= 0.3 is 0 Å². The zero-order chi connectivity index (χ0) is 9.68. The molecular formula is C9H14BrN3. The number of hydrogen-bond donors (Lipinski definition) is 1. The van der Waals surface area contributed by atoms with Gasteiger partial charge in [-0.05, 0) is 28.8 Å². The van der Waals surface area contributed by atoms with Crippen molar-refractivity contribution in [3.8, 4) is 0 Å². The van der Waals surface area contributed by atoms with Crippen LogP contribution in [0.1, 0.15) is 26.7 Å². The zero-order valence-electron chi connectivity index (χ0n) is 7.92. The fraction of sp³-hybridized carbons (Fsp3) is 0.556. The number of rotatable bonds is 4. The van der Waals surface area contributed by atoms with Crippen LogP contribution in [0.4, 0.5) is 5.82 Å². The summed E-state index contributed by atoms with van der Waals surface area (Å²) in [5, 5.41) is 3.31. The molecule has 0 atom stereocenters. The van der Waals surface area contributed by atoms with Gasteiger partial charge in [0.05, 0.1) is 12.4 Å². The van der Waals surface area contributed by atoms with Gasteiger partial charge in [0.25, 0.3) is 0 Å². The normalized spacial score (nSPS) is 10.5. The molecule has 0 saturated heterocycles. The minimum atomic E-state index is 0.496. The van der Waals surface area contributed by atoms with Gasteiger partial charge in [-0.3, -0.25) is 0 Å². The fourth-order valence-electron chi connectivity index (χ4n) is 1.09. The van der Waals surface area contributed by atoms with E-state index < -0.39 is 0 Å². The van der Waals surface area contributed by atoms with Crippen LogP contribution in [0.15, 0.2) is 17.0 Å². The minimum absolute atomic E-state index is 0.496. The van der Waals surface area contributed by atoms with Gasteiger partial charge in [-0.2, -0.15) is 0 Å². The third-order valence-corrected chi connectivity index (χ3v) is 2.37. The molecule has 4 heteroatoms. The van der Waals surface area contributed by atoms with Gasteiger partial charge in [0.15, 0.2) is 0 Å². The van der Waals surface area contributed by atoms with E-state index in [2.05, 4.69) is 45.1 Å². The van der Waals surface area contributed by atoms with Crippen molar-refractivity contribution >= 4 is 21.7 Å². The maximum Gasteiger partial charge on any atom is 0.144 e. The van der Waals surface area contributed by atoms with E-state index >= 15 is 0 Å². The van der Waals surface area contributed by atoms with Crippen molar-refractivity contribution in [3.05, 3.63) is 17.0 Å². The predicted octanol–water partition coefficient (Wildman–Crippen LogP) is 2.84. The van der Waals surface area contributed by atoms with E-state index in [9.17, 15) is 0 Å². The number of nitrogens with one attached hydrogen (secondary N) is 1. The van der Waals surface area contributed by atoms with Crippen LogP contribution >= 0.6 is 15.9 Å². The van der Waals surface area contributed by atoms with E-state index in [4.69, 9.17) is 0 Å². The molecule has 0 fully saturated rings. The Balaban J connectivity index is 2.58. The SMILES string of the molecule is CCC(CC)Nc1cnc(Br)cn1. The van der Waals surface area contributed by atoms with E-state index in [0.29, 0.717) is 6.04 Å². The number of aromatic nitrogens is 2. The van der Waals surface area contributed by atoms with Crippen molar-refractivity contribution in [2.75, 3.05) is 5.32 Å². The Labute approximate surface area is 87.1 Å². The first-order chi connectivity index (χ1) is 6.26. The van der Waals surface area contributed by atoms with Crippen LogP contribution in [0.5, 0.6) is 0 Å². The van der Waals surface area contributed by atoms with Crippen LogP contribution < -0.4 is 5.32 Å². The number of nitrogens with zero attached hydrogens (tertiary/aromatic N) is 2. The van der Waals surface area contributed by atoms with E-state index in [1.807, 2.05) is 0 Å². The molecule has 13 heavy (non-hydrogen) atoms. The molecule has 1 rings (SSSR count). The molecule has 0 aliphatic heterocycles. The van der Waals surface area contributed by atoms with Crippen LogP contribution in [-0.4, -0.2) is 16.0 Å². The highest BCUT2D eigenvalue weighted by Gasteiger charge is 2.03. The molecule has 1 heterocycles. The van der Waals surface area contributed by atoms with Crippen LogP contribution in [0.2, 0.25) is 0 Å². The Kier molecular flexibility index (Phi) is 4.15. The zero-order valence-corrected chi connectivity index (χ0v) is 9.50. The first-order valence-electron chi connectivity index (χ1n) is 4.50. The summed E-state index contributed by atoms with van der Waals surface area (Å²) in [6.07, 6.45) is 5.65. The van der Waals surface area contributed by atoms with Crippen molar-refractivity contribution in [1.82, 2.24) is 9.97 Å². The summed E-state index contributed by atoms with van der Waals surface area (Å²) in [7, 11) is 0. The van der Waals surface area contributed by atoms with E-state index in [1.54, 1.807) is 12.4 Å². The van der Waals surface area contributed by atoms with Crippen LogP contribution in [0.25, 0.3) is 0 Å². The van der Waals surface area contributed by atoms with Crippen molar-refractivity contribution in [2.24, 2.45) is 0 Å². The third kappa shape index (κ3) is 3.30. The average Bonchev–Trinajstić information content (AvgIpc) is 2.17. The van der Waals surface area contributed by atoms with Crippen molar-refractivity contribution < 1.29 is 0 Å². The van der Waals surface area contributed by atoms with Crippen LogP contribution in [-0.2, 0) is 0 Å². The highest BCUT2D eigenvalue weighted by Crippen LogP contribution is 2.09. The van der Waals surface area contributed by atoms with Gasteiger partial charge in [0.1, 0.15) is 10.4 Å². The average molecular weight is 244 g/mol. The number of anilines is 1. The lowest BCUT2D eigenvalue weighted by molar-refractivity contribution is 0.668. The van der Waals surface area contributed by atoms with Gasteiger partial charge in [-0.1, -0.05) is 13.8 Å². The number of halogens is 1. The molecule has 0 saturated carbocycles. The van der Waals surface area contributed by atoms with E-state index in [0.717, 1.165) is 23.3 Å². The van der Waals surface area contributed by atoms with Gasteiger partial charge in [-0.15, -0.1) is 0 Å². The Morgan fingerprint density at radius 1 is 1.31 bits per heavy atom. The molecule has 0 aromatic carbocycles. The van der Waals surface area contributed by atoms with E-state index in [1.165, 1.54) is 0 Å². The molecule has 0 bridgehead atoms. The second-order valence-electron chi connectivity index (χ2n) is 2.88. The molecule has 3 nitrogen and oxygen atoms in total. The molecule has 1 aromatic rings. The van der Waals surface area contributed by atoms with Crippen molar-refractivity contribution in [2.45, 2.75) is 32.7 Å². The quantitative estimate of drug-likeness (QED) is 0.884. The molecule has 0 amide bonds. The lowest BCUT2D eigenvalue weighted by Gasteiger charge is -2.14. The summed E-state index contributed by atoms with van der Waals surface area (Å²) >= 11 is 3.24. The summed E-state index contributed by atoms with van der Waals surface area (Å²) in [4.78, 5) is 8.29. The molecule has 0 radical (unpaired) electrons. The second-order valence-corrected chi connectivity index (χ2v) is 3.69. The van der Waals surface area contributed by atoms with Gasteiger partial charge in [-0.25, -0.2) is 9.97 Å². The van der Waals surface area contributed by atoms with Crippen LogP contribution in [0.3, 0.4) is 0 Å². The maximum absolute atomic E-state index is 4.19. The second kappa shape index (κ2) is 5.17. The molecule has 1 N–H and O–H groups in total. The predicted molar refractivity (Wildman–Crippen MR) is 57.7 cm³/mol. The summed E-state index contributed by atoms with van der Waals surface area (Å²) in [6, 6.07) is 0.496. The minimum Gasteiger partial charge on any atom is -0.366 e. The van der Waals surface area contributed by atoms with Crippen LogP contribution in [0, 0.1) is 0 Å². The molecule has 0 spiro atoms. The third-order valence-electron chi connectivity index (χ3n) is 1.96. The van der Waals surface area contributed by atoms with Gasteiger partial charge in [0.2, 0.25) is 0 Å². The summed E-state index contributed by atoms with van der Waals surface area (Å²) in [5.41, 5.74) is 0. The first-order valence-corrected chi connectivity index (χ1v) is 5.29. The Morgan fingerprint density at radius 2 is 2.00 bits per heavy atom. The summed E-state index contributed by atoms with van der Waals surface area (Å²) in [6.45, 7) is 4.32.